The second-order valence-electron chi connectivity index (χ2n) is 8.94. The zero-order valence-electron chi connectivity index (χ0n) is 22.3. The van der Waals surface area contributed by atoms with E-state index in [1.807, 2.05) is 0 Å². The van der Waals surface area contributed by atoms with Gasteiger partial charge in [-0.2, -0.15) is 0 Å². The summed E-state index contributed by atoms with van der Waals surface area (Å²) in [7, 11) is 0. The molecule has 0 saturated heterocycles. The number of hydrogen-bond acceptors (Lipinski definition) is 5. The maximum Gasteiger partial charge on any atom is 0.317 e. The summed E-state index contributed by atoms with van der Waals surface area (Å²) >= 11 is 0. The van der Waals surface area contributed by atoms with Gasteiger partial charge in [-0.1, -0.05) is 70.4 Å². The Bertz CT molecular complexity index is 558. The maximum atomic E-state index is 12.5. The van der Waals surface area contributed by atoms with Crippen LogP contribution in [0, 0.1) is 0 Å². The number of carbonyl (C=O) groups excluding carboxylic acids is 1. The van der Waals surface area contributed by atoms with Gasteiger partial charge in [-0.05, 0) is 32.1 Å². The van der Waals surface area contributed by atoms with Gasteiger partial charge < -0.3 is 20.2 Å². The molecule has 1 radical (unpaired) electrons. The van der Waals surface area contributed by atoms with E-state index >= 15 is 0 Å². The number of carboxylic acids is 2. The van der Waals surface area contributed by atoms with Gasteiger partial charge in [0.05, 0.1) is 19.7 Å². The van der Waals surface area contributed by atoms with Gasteiger partial charge in [-0.15, -0.1) is 0 Å². The monoisotopic (exact) mass is 507 g/mol. The summed E-state index contributed by atoms with van der Waals surface area (Å²) in [6.45, 7) is 1.75. The van der Waals surface area contributed by atoms with Gasteiger partial charge >= 0.3 is 11.9 Å². The fourth-order valence-corrected chi connectivity index (χ4v) is 3.85. The van der Waals surface area contributed by atoms with E-state index in [-0.39, 0.29) is 61.7 Å². The molecule has 8 nitrogen and oxygen atoms in total. The molecule has 0 aliphatic heterocycles. The predicted molar refractivity (Wildman–Crippen MR) is 141 cm³/mol. The van der Waals surface area contributed by atoms with Crippen molar-refractivity contribution in [2.24, 2.45) is 0 Å². The molecule has 9 heteroatoms. The molecule has 3 N–H and O–H groups in total. The molecular formula is C26H48N2NaO6. The summed E-state index contributed by atoms with van der Waals surface area (Å²) in [4.78, 5) is 37.0. The molecule has 0 rings (SSSR count). The molecule has 0 unspecified atom stereocenters. The summed E-state index contributed by atoms with van der Waals surface area (Å²) in [5.41, 5.74) is 0. The van der Waals surface area contributed by atoms with Crippen LogP contribution in [0.4, 0.5) is 0 Å². The molecule has 0 spiro atoms. The molecule has 35 heavy (non-hydrogen) atoms. The smallest absolute Gasteiger partial charge is 0.317 e. The zero-order chi connectivity index (χ0) is 25.4. The number of aliphatic hydroxyl groups is 1. The van der Waals surface area contributed by atoms with E-state index in [9.17, 15) is 19.5 Å². The van der Waals surface area contributed by atoms with Crippen LogP contribution in [-0.4, -0.2) is 112 Å². The van der Waals surface area contributed by atoms with Crippen molar-refractivity contribution in [1.82, 2.24) is 9.80 Å². The Kier molecular flexibility index (Phi) is 27.1. The van der Waals surface area contributed by atoms with E-state index in [4.69, 9.17) is 10.2 Å². The van der Waals surface area contributed by atoms with E-state index < -0.39 is 25.0 Å². The quantitative estimate of drug-likeness (QED) is 0.103. The van der Waals surface area contributed by atoms with E-state index in [0.29, 0.717) is 6.42 Å². The maximum absolute atomic E-state index is 12.5. The summed E-state index contributed by atoms with van der Waals surface area (Å²) in [5, 5.41) is 27.1. The molecule has 0 fully saturated rings. The molecule has 0 aliphatic carbocycles. The molecule has 0 heterocycles. The standard InChI is InChI=1S/C26H48N2O6.Na/c1-2-3-4-5-6-7-8-9-10-11-12-13-14-15-16-17-24(30)28(20-21-29)19-18-27(22-25(31)32)23-26(33)34;/h9-10,29H,2-8,11-23H2,1H3,(H,31,32)(H,33,34);/b10-9-;. The molecule has 0 aromatic heterocycles. The number of carboxylic acid groups (broad SMARTS) is 2. The van der Waals surface area contributed by atoms with Crippen LogP contribution in [0.25, 0.3) is 0 Å². The molecular weight excluding hydrogens is 459 g/mol. The first-order valence-electron chi connectivity index (χ1n) is 13.1. The SMILES string of the molecule is CCCCCCCC/C=C\CCCCCCCC(=O)N(CCO)CCN(CC(=O)O)CC(=O)O.[Na]. The number of rotatable bonds is 24. The van der Waals surface area contributed by atoms with Crippen LogP contribution < -0.4 is 0 Å². The molecule has 199 valence electrons. The summed E-state index contributed by atoms with van der Waals surface area (Å²) in [6.07, 6.45) is 20.4. The first kappa shape index (κ1) is 36.2. The topological polar surface area (TPSA) is 118 Å². The number of allylic oxidation sites excluding steroid dienone is 2. The minimum Gasteiger partial charge on any atom is -0.480 e. The van der Waals surface area contributed by atoms with Crippen molar-refractivity contribution in [2.75, 3.05) is 39.3 Å². The number of hydrogen-bond donors (Lipinski definition) is 3. The molecule has 0 atom stereocenters. The third-order valence-corrected chi connectivity index (χ3v) is 5.78. The second kappa shape index (κ2) is 26.1. The summed E-state index contributed by atoms with van der Waals surface area (Å²) in [5.74, 6) is -2.32. The minimum atomic E-state index is -1.12. The third-order valence-electron chi connectivity index (χ3n) is 5.78. The van der Waals surface area contributed by atoms with Crippen LogP contribution in [-0.2, 0) is 14.4 Å². The van der Waals surface area contributed by atoms with Gasteiger partial charge in [0, 0.05) is 55.6 Å². The Morgan fingerprint density at radius 3 is 1.66 bits per heavy atom. The third kappa shape index (κ3) is 24.5. The van der Waals surface area contributed by atoms with Crippen molar-refractivity contribution in [3.05, 3.63) is 12.2 Å². The van der Waals surface area contributed by atoms with Crippen molar-refractivity contribution < 1.29 is 29.7 Å². The molecule has 0 aromatic rings. The van der Waals surface area contributed by atoms with E-state index in [1.54, 1.807) is 0 Å². The van der Waals surface area contributed by atoms with Crippen LogP contribution in [0.15, 0.2) is 12.2 Å². The Balaban J connectivity index is 0. The van der Waals surface area contributed by atoms with Gasteiger partial charge in [0.2, 0.25) is 5.91 Å². The van der Waals surface area contributed by atoms with Crippen LogP contribution in [0.2, 0.25) is 0 Å². The van der Waals surface area contributed by atoms with E-state index in [2.05, 4.69) is 19.1 Å². The first-order chi connectivity index (χ1) is 16.4. The zero-order valence-corrected chi connectivity index (χ0v) is 24.3. The number of nitrogens with zero attached hydrogens (tertiary/aromatic N) is 2. The Morgan fingerprint density at radius 1 is 0.686 bits per heavy atom. The Hall–Kier alpha value is -0.930. The van der Waals surface area contributed by atoms with Gasteiger partial charge in [0.15, 0.2) is 0 Å². The second-order valence-corrected chi connectivity index (χ2v) is 8.94. The molecule has 0 bridgehead atoms. The number of aliphatic carboxylic acids is 2. The van der Waals surface area contributed by atoms with Crippen molar-refractivity contribution in [1.29, 1.82) is 0 Å². The molecule has 1 amide bonds. The molecule has 0 saturated carbocycles. The largest absolute Gasteiger partial charge is 0.480 e. The van der Waals surface area contributed by atoms with Crippen LogP contribution >= 0.6 is 0 Å². The molecule has 0 aromatic carbocycles. The predicted octanol–water partition coefficient (Wildman–Crippen LogP) is 3.94. The van der Waals surface area contributed by atoms with Crippen molar-refractivity contribution in [3.63, 3.8) is 0 Å². The van der Waals surface area contributed by atoms with Crippen molar-refractivity contribution >= 4 is 47.4 Å². The van der Waals surface area contributed by atoms with Crippen LogP contribution in [0.1, 0.15) is 96.8 Å². The van der Waals surface area contributed by atoms with Gasteiger partial charge in [0.1, 0.15) is 0 Å². The normalized spacial score (nSPS) is 11.1. The van der Waals surface area contributed by atoms with E-state index in [0.717, 1.165) is 32.1 Å². The van der Waals surface area contributed by atoms with E-state index in [1.165, 1.54) is 61.2 Å². The average Bonchev–Trinajstić information content (AvgIpc) is 2.78. The minimum absolute atomic E-state index is 0. The van der Waals surface area contributed by atoms with Gasteiger partial charge in [-0.25, -0.2) is 0 Å². The van der Waals surface area contributed by atoms with Crippen LogP contribution in [0.5, 0.6) is 0 Å². The number of unbranched alkanes of at least 4 members (excludes halogenated alkanes) is 11. The first-order valence-corrected chi connectivity index (χ1v) is 13.1. The van der Waals surface area contributed by atoms with Crippen molar-refractivity contribution in [3.8, 4) is 0 Å². The molecule has 0 aliphatic rings. The van der Waals surface area contributed by atoms with Crippen LogP contribution in [0.3, 0.4) is 0 Å². The number of aliphatic hydroxyl groups excluding tert-OH is 1. The summed E-state index contributed by atoms with van der Waals surface area (Å²) < 4.78 is 0. The fraction of sp³-hybridized carbons (Fsp3) is 0.808. The van der Waals surface area contributed by atoms with Gasteiger partial charge in [-0.3, -0.25) is 19.3 Å². The van der Waals surface area contributed by atoms with Gasteiger partial charge in [0.25, 0.3) is 0 Å². The summed E-state index contributed by atoms with van der Waals surface area (Å²) in [6, 6.07) is 0. The van der Waals surface area contributed by atoms with Crippen molar-refractivity contribution in [2.45, 2.75) is 96.8 Å². The Morgan fingerprint density at radius 2 is 1.17 bits per heavy atom. The number of amides is 1. The average molecular weight is 508 g/mol. The number of carbonyl (C=O) groups is 3. The Labute approximate surface area is 234 Å². The fourth-order valence-electron chi connectivity index (χ4n) is 3.85.